The van der Waals surface area contributed by atoms with Gasteiger partial charge in [0.2, 0.25) is 0 Å². The van der Waals surface area contributed by atoms with E-state index in [9.17, 15) is 0 Å². The van der Waals surface area contributed by atoms with Crippen molar-refractivity contribution >= 4 is 43.4 Å². The minimum Gasteiger partial charge on any atom is -0.256 e. The van der Waals surface area contributed by atoms with Crippen LogP contribution in [-0.2, 0) is 10.8 Å². The molecule has 330 valence electrons. The second-order valence-corrected chi connectivity index (χ2v) is 20.4. The zero-order chi connectivity index (χ0) is 46.9. The molecular formula is C68H48N2. The molecule has 2 aromatic heterocycles. The molecule has 0 unspecified atom stereocenters. The largest absolute Gasteiger partial charge is 0.256 e. The van der Waals surface area contributed by atoms with Crippen LogP contribution in [0.4, 0.5) is 0 Å². The lowest BCUT2D eigenvalue weighted by atomic mass is 9.81. The van der Waals surface area contributed by atoms with Crippen LogP contribution >= 0.6 is 0 Å². The molecule has 0 N–H and O–H groups in total. The monoisotopic (exact) mass is 892 g/mol. The molecule has 0 saturated heterocycles. The summed E-state index contributed by atoms with van der Waals surface area (Å²) >= 11 is 0. The van der Waals surface area contributed by atoms with Gasteiger partial charge in [-0.25, -0.2) is 0 Å². The summed E-state index contributed by atoms with van der Waals surface area (Å²) in [5, 5.41) is 7.18. The minimum absolute atomic E-state index is 0.0928. The smallest absolute Gasteiger partial charge is 0.0792 e. The molecule has 0 spiro atoms. The highest BCUT2D eigenvalue weighted by Gasteiger charge is 2.37. The molecule has 2 heteroatoms. The number of nitrogens with zero attached hydrogens (tertiary/aromatic N) is 2. The van der Waals surface area contributed by atoms with Crippen molar-refractivity contribution in [2.24, 2.45) is 0 Å². The number of hydrogen-bond donors (Lipinski definition) is 0. The molecule has 2 aliphatic rings. The summed E-state index contributed by atoms with van der Waals surface area (Å²) in [5.74, 6) is 0. The Morgan fingerprint density at radius 2 is 0.571 bits per heavy atom. The van der Waals surface area contributed by atoms with Gasteiger partial charge in [0.05, 0.1) is 11.0 Å². The van der Waals surface area contributed by atoms with E-state index in [1.54, 1.807) is 0 Å². The van der Waals surface area contributed by atoms with Gasteiger partial charge in [0.15, 0.2) is 0 Å². The standard InChI is InChI=1S/C68H48N2/c1-67(2)57-23-11-9-15-47(57)49-35-33-45(39-59(49)67)63-53-19-7-5-17-51(53)61(55-21-13-37-69-65(55)63)43-29-25-41(26-30-43)42-27-31-44(32-28-42)62-52-18-6-8-20-54(52)64(66-56(62)22-14-38-70-66)46-34-36-50-48-16-10-12-24-58(48)68(3,4)60(50)40-46/h5-40H,1-4H3. The van der Waals surface area contributed by atoms with Crippen LogP contribution in [0.1, 0.15) is 49.9 Å². The molecule has 2 nitrogen and oxygen atoms in total. The van der Waals surface area contributed by atoms with Crippen LogP contribution in [0.5, 0.6) is 0 Å². The van der Waals surface area contributed by atoms with Gasteiger partial charge in [-0.1, -0.05) is 210 Å². The van der Waals surface area contributed by atoms with E-state index >= 15 is 0 Å². The average molecular weight is 893 g/mol. The molecule has 0 aliphatic heterocycles. The van der Waals surface area contributed by atoms with E-state index in [1.165, 1.54) is 122 Å². The van der Waals surface area contributed by atoms with Crippen LogP contribution in [0.25, 0.3) is 121 Å². The van der Waals surface area contributed by atoms with Crippen LogP contribution in [0.15, 0.2) is 219 Å². The summed E-state index contributed by atoms with van der Waals surface area (Å²) < 4.78 is 0. The molecule has 0 atom stereocenters. The van der Waals surface area contributed by atoms with Crippen LogP contribution in [0.2, 0.25) is 0 Å². The molecule has 0 fully saturated rings. The maximum atomic E-state index is 5.14. The van der Waals surface area contributed by atoms with Gasteiger partial charge >= 0.3 is 0 Å². The van der Waals surface area contributed by atoms with Gasteiger partial charge in [-0.3, -0.25) is 9.97 Å². The molecular weight excluding hydrogens is 845 g/mol. The number of pyridine rings is 2. The maximum Gasteiger partial charge on any atom is 0.0792 e. The van der Waals surface area contributed by atoms with Crippen molar-refractivity contribution in [3.63, 3.8) is 0 Å². The highest BCUT2D eigenvalue weighted by Crippen LogP contribution is 2.53. The zero-order valence-corrected chi connectivity index (χ0v) is 39.7. The highest BCUT2D eigenvalue weighted by molar-refractivity contribution is 6.22. The van der Waals surface area contributed by atoms with E-state index < -0.39 is 0 Å². The number of aromatic nitrogens is 2. The van der Waals surface area contributed by atoms with Crippen molar-refractivity contribution in [3.8, 4) is 77.9 Å². The lowest BCUT2D eigenvalue weighted by Crippen LogP contribution is -2.14. The van der Waals surface area contributed by atoms with E-state index in [0.717, 1.165) is 21.8 Å². The van der Waals surface area contributed by atoms with Crippen LogP contribution < -0.4 is 0 Å². The first-order valence-corrected chi connectivity index (χ1v) is 24.6. The van der Waals surface area contributed by atoms with E-state index in [-0.39, 0.29) is 10.8 Å². The van der Waals surface area contributed by atoms with Crippen molar-refractivity contribution in [1.29, 1.82) is 0 Å². The molecule has 0 radical (unpaired) electrons. The summed E-state index contributed by atoms with van der Waals surface area (Å²) in [7, 11) is 0. The first-order chi connectivity index (χ1) is 34.3. The summed E-state index contributed by atoms with van der Waals surface area (Å²) in [5.41, 5.74) is 24.6. The summed E-state index contributed by atoms with van der Waals surface area (Å²) in [4.78, 5) is 10.3. The summed E-state index contributed by atoms with van der Waals surface area (Å²) in [6.07, 6.45) is 3.88. The van der Waals surface area contributed by atoms with Crippen LogP contribution in [0, 0.1) is 0 Å². The van der Waals surface area contributed by atoms with Crippen molar-refractivity contribution in [1.82, 2.24) is 9.97 Å². The number of rotatable bonds is 5. The molecule has 2 heterocycles. The second kappa shape index (κ2) is 15.0. The van der Waals surface area contributed by atoms with Gasteiger partial charge in [-0.2, -0.15) is 0 Å². The van der Waals surface area contributed by atoms with E-state index in [2.05, 4.69) is 234 Å². The third kappa shape index (κ3) is 5.80. The average Bonchev–Trinajstić information content (AvgIpc) is 3.78. The molecule has 10 aromatic carbocycles. The first kappa shape index (κ1) is 40.6. The van der Waals surface area contributed by atoms with Gasteiger partial charge in [0.25, 0.3) is 0 Å². The first-order valence-electron chi connectivity index (χ1n) is 24.6. The fraction of sp³-hybridized carbons (Fsp3) is 0.0882. The Hall–Kier alpha value is -8.46. The summed E-state index contributed by atoms with van der Waals surface area (Å²) in [6.45, 7) is 9.41. The Balaban J connectivity index is 0.839. The Bertz CT molecular complexity index is 3770. The molecule has 0 amide bonds. The second-order valence-electron chi connectivity index (χ2n) is 20.4. The fourth-order valence-corrected chi connectivity index (χ4v) is 12.6. The Morgan fingerprint density at radius 1 is 0.257 bits per heavy atom. The zero-order valence-electron chi connectivity index (χ0n) is 39.7. The third-order valence-corrected chi connectivity index (χ3v) is 16.0. The quantitative estimate of drug-likeness (QED) is 0.161. The SMILES string of the molecule is CC1(C)c2ccccc2-c2ccc(-c3c4ccccc4c(-c4ccc(-c5ccc(-c6c7ccccc7c(-c7ccc8c(c7)C(C)(C)c7ccccc7-8)c7ncccc67)cc5)cc4)c4cccnc34)cc21. The Morgan fingerprint density at radius 3 is 0.986 bits per heavy atom. The molecule has 0 bridgehead atoms. The third-order valence-electron chi connectivity index (χ3n) is 16.0. The number of fused-ring (bicyclic) bond motifs is 10. The molecule has 12 aromatic rings. The lowest BCUT2D eigenvalue weighted by molar-refractivity contribution is 0.660. The van der Waals surface area contributed by atoms with Gasteiger partial charge < -0.3 is 0 Å². The number of hydrogen-bond acceptors (Lipinski definition) is 2. The van der Waals surface area contributed by atoms with Crippen molar-refractivity contribution in [3.05, 3.63) is 241 Å². The van der Waals surface area contributed by atoms with Gasteiger partial charge in [-0.05, 0) is 135 Å². The molecule has 14 rings (SSSR count). The maximum absolute atomic E-state index is 5.14. The van der Waals surface area contributed by atoms with Gasteiger partial charge in [-0.15, -0.1) is 0 Å². The van der Waals surface area contributed by atoms with E-state index in [1.807, 2.05) is 12.4 Å². The van der Waals surface area contributed by atoms with Crippen LogP contribution in [0.3, 0.4) is 0 Å². The molecule has 70 heavy (non-hydrogen) atoms. The lowest BCUT2D eigenvalue weighted by Gasteiger charge is -2.23. The van der Waals surface area contributed by atoms with Crippen molar-refractivity contribution < 1.29 is 0 Å². The molecule has 2 aliphatic carbocycles. The fourth-order valence-electron chi connectivity index (χ4n) is 12.6. The predicted octanol–water partition coefficient (Wildman–Crippen LogP) is 18.0. The Labute approximate surface area is 408 Å². The minimum atomic E-state index is -0.0928. The predicted molar refractivity (Wildman–Crippen MR) is 294 cm³/mol. The normalized spacial score (nSPS) is 13.9. The van der Waals surface area contributed by atoms with Gasteiger partial charge in [0.1, 0.15) is 0 Å². The van der Waals surface area contributed by atoms with Crippen molar-refractivity contribution in [2.45, 2.75) is 38.5 Å². The van der Waals surface area contributed by atoms with E-state index in [4.69, 9.17) is 9.97 Å². The molecule has 0 saturated carbocycles. The van der Waals surface area contributed by atoms with Gasteiger partial charge in [0, 0.05) is 45.1 Å². The topological polar surface area (TPSA) is 25.8 Å². The summed E-state index contributed by atoms with van der Waals surface area (Å²) in [6, 6.07) is 76.5. The highest BCUT2D eigenvalue weighted by atomic mass is 14.7. The Kier molecular flexibility index (Phi) is 8.71. The van der Waals surface area contributed by atoms with E-state index in [0.29, 0.717) is 0 Å². The number of benzene rings is 10. The van der Waals surface area contributed by atoms with Crippen LogP contribution in [-0.4, -0.2) is 9.97 Å². The van der Waals surface area contributed by atoms with Crippen molar-refractivity contribution in [2.75, 3.05) is 0 Å².